The molecule has 1 fully saturated rings. The average Bonchev–Trinajstić information content (AvgIpc) is 2.75. The lowest BCUT2D eigenvalue weighted by atomic mass is 10.1. The Bertz CT molecular complexity index is 562. The maximum atomic E-state index is 12.5. The Morgan fingerprint density at radius 3 is 2.08 bits per heavy atom. The van der Waals surface area contributed by atoms with E-state index in [1.54, 1.807) is 0 Å². The Morgan fingerprint density at radius 2 is 1.54 bits per heavy atom. The van der Waals surface area contributed by atoms with Crippen molar-refractivity contribution in [2.24, 2.45) is 0 Å². The van der Waals surface area contributed by atoms with Gasteiger partial charge in [0.15, 0.2) is 0 Å². The van der Waals surface area contributed by atoms with Gasteiger partial charge in [-0.1, -0.05) is 25.7 Å². The van der Waals surface area contributed by atoms with E-state index in [2.05, 4.69) is 10.6 Å². The molecular formula is C17H21F3N2O2. The van der Waals surface area contributed by atoms with Gasteiger partial charge in [-0.2, -0.15) is 13.2 Å². The van der Waals surface area contributed by atoms with Gasteiger partial charge in [0.05, 0.1) is 5.56 Å². The predicted molar refractivity (Wildman–Crippen MR) is 84.3 cm³/mol. The summed E-state index contributed by atoms with van der Waals surface area (Å²) in [6.45, 7) is 0. The topological polar surface area (TPSA) is 58.2 Å². The fourth-order valence-electron chi connectivity index (χ4n) is 2.80. The van der Waals surface area contributed by atoms with Crippen molar-refractivity contribution in [2.75, 3.05) is 5.32 Å². The molecule has 1 saturated carbocycles. The second kappa shape index (κ2) is 8.17. The molecule has 0 aromatic heterocycles. The Morgan fingerprint density at radius 1 is 0.958 bits per heavy atom. The zero-order valence-corrected chi connectivity index (χ0v) is 13.3. The number of alkyl halides is 3. The van der Waals surface area contributed by atoms with Gasteiger partial charge < -0.3 is 10.6 Å². The molecule has 2 N–H and O–H groups in total. The van der Waals surface area contributed by atoms with Crippen molar-refractivity contribution in [3.8, 4) is 0 Å². The number of rotatable bonds is 4. The van der Waals surface area contributed by atoms with Crippen molar-refractivity contribution >= 4 is 17.5 Å². The Kier molecular flexibility index (Phi) is 6.23. The molecule has 0 spiro atoms. The van der Waals surface area contributed by atoms with E-state index in [9.17, 15) is 22.8 Å². The van der Waals surface area contributed by atoms with Crippen molar-refractivity contribution < 1.29 is 22.8 Å². The summed E-state index contributed by atoms with van der Waals surface area (Å²) >= 11 is 0. The Labute approximate surface area is 138 Å². The van der Waals surface area contributed by atoms with E-state index >= 15 is 0 Å². The minimum absolute atomic E-state index is 0.110. The molecule has 2 rings (SSSR count). The monoisotopic (exact) mass is 342 g/mol. The van der Waals surface area contributed by atoms with Crippen LogP contribution in [0.3, 0.4) is 0 Å². The number of carbonyl (C=O) groups excluding carboxylic acids is 2. The van der Waals surface area contributed by atoms with Crippen LogP contribution in [0.2, 0.25) is 0 Å². The summed E-state index contributed by atoms with van der Waals surface area (Å²) in [6.07, 6.45) is 1.57. The lowest BCUT2D eigenvalue weighted by Gasteiger charge is -2.16. The lowest BCUT2D eigenvalue weighted by molar-refractivity contribution is -0.137. The van der Waals surface area contributed by atoms with Gasteiger partial charge in [-0.25, -0.2) is 0 Å². The third kappa shape index (κ3) is 5.86. The molecule has 0 radical (unpaired) electrons. The third-order valence-electron chi connectivity index (χ3n) is 4.04. The molecule has 4 nitrogen and oxygen atoms in total. The minimum Gasteiger partial charge on any atom is -0.353 e. The molecule has 0 heterocycles. The van der Waals surface area contributed by atoms with Crippen LogP contribution in [0.25, 0.3) is 0 Å². The third-order valence-corrected chi connectivity index (χ3v) is 4.04. The molecule has 2 amide bonds. The standard InChI is InChI=1S/C17H21F3N2O2/c18-17(19,20)12-7-9-14(10-8-12)22-16(24)11-15(23)21-13-5-3-1-2-4-6-13/h7-10,13H,1-6,11H2,(H,21,23)(H,22,24). The second-order valence-electron chi connectivity index (χ2n) is 6.06. The average molecular weight is 342 g/mol. The van der Waals surface area contributed by atoms with Gasteiger partial charge in [-0.3, -0.25) is 9.59 Å². The van der Waals surface area contributed by atoms with Crippen LogP contribution in [-0.4, -0.2) is 17.9 Å². The van der Waals surface area contributed by atoms with Crippen LogP contribution in [0.15, 0.2) is 24.3 Å². The summed E-state index contributed by atoms with van der Waals surface area (Å²) in [4.78, 5) is 23.7. The van der Waals surface area contributed by atoms with Gasteiger partial charge >= 0.3 is 6.18 Å². The van der Waals surface area contributed by atoms with Crippen LogP contribution in [-0.2, 0) is 15.8 Å². The van der Waals surface area contributed by atoms with E-state index in [1.165, 1.54) is 25.0 Å². The second-order valence-corrected chi connectivity index (χ2v) is 6.06. The van der Waals surface area contributed by atoms with Gasteiger partial charge in [-0.05, 0) is 37.1 Å². The van der Waals surface area contributed by atoms with Crippen LogP contribution in [0, 0.1) is 0 Å². The Balaban J connectivity index is 1.80. The van der Waals surface area contributed by atoms with Gasteiger partial charge in [0.2, 0.25) is 11.8 Å². The highest BCUT2D eigenvalue weighted by Crippen LogP contribution is 2.29. The van der Waals surface area contributed by atoms with Gasteiger partial charge in [0.1, 0.15) is 6.42 Å². The Hall–Kier alpha value is -2.05. The molecule has 1 aliphatic rings. The number of amides is 2. The number of carbonyl (C=O) groups is 2. The van der Waals surface area contributed by atoms with Gasteiger partial charge in [0, 0.05) is 11.7 Å². The lowest BCUT2D eigenvalue weighted by Crippen LogP contribution is -2.36. The summed E-state index contributed by atoms with van der Waals surface area (Å²) in [6, 6.07) is 4.23. The molecule has 0 bridgehead atoms. The van der Waals surface area contributed by atoms with E-state index in [4.69, 9.17) is 0 Å². The molecule has 1 aromatic rings. The highest BCUT2D eigenvalue weighted by molar-refractivity contribution is 6.03. The SMILES string of the molecule is O=C(CC(=O)NC1CCCCCC1)Nc1ccc(C(F)(F)F)cc1. The van der Waals surface area contributed by atoms with Crippen LogP contribution in [0.4, 0.5) is 18.9 Å². The summed E-state index contributed by atoms with van der Waals surface area (Å²) in [7, 11) is 0. The first-order valence-corrected chi connectivity index (χ1v) is 8.11. The van der Waals surface area contributed by atoms with Crippen molar-refractivity contribution in [2.45, 2.75) is 57.2 Å². The van der Waals surface area contributed by atoms with Crippen molar-refractivity contribution in [1.29, 1.82) is 0 Å². The fourth-order valence-corrected chi connectivity index (χ4v) is 2.80. The number of hydrogen-bond donors (Lipinski definition) is 2. The summed E-state index contributed by atoms with van der Waals surface area (Å²) in [5.41, 5.74) is -0.554. The molecule has 1 aliphatic carbocycles. The van der Waals surface area contributed by atoms with E-state index < -0.39 is 17.6 Å². The smallest absolute Gasteiger partial charge is 0.353 e. The van der Waals surface area contributed by atoms with E-state index in [-0.39, 0.29) is 24.1 Å². The first-order valence-electron chi connectivity index (χ1n) is 8.11. The first-order chi connectivity index (χ1) is 11.3. The van der Waals surface area contributed by atoms with Crippen LogP contribution in [0.1, 0.15) is 50.5 Å². The normalized spacial score (nSPS) is 16.3. The molecule has 132 valence electrons. The first kappa shape index (κ1) is 18.3. The molecule has 24 heavy (non-hydrogen) atoms. The fraction of sp³-hybridized carbons (Fsp3) is 0.529. The maximum Gasteiger partial charge on any atom is 0.416 e. The van der Waals surface area contributed by atoms with Crippen LogP contribution >= 0.6 is 0 Å². The maximum absolute atomic E-state index is 12.5. The highest BCUT2D eigenvalue weighted by atomic mass is 19.4. The largest absolute Gasteiger partial charge is 0.416 e. The van der Waals surface area contributed by atoms with Gasteiger partial charge in [-0.15, -0.1) is 0 Å². The summed E-state index contributed by atoms with van der Waals surface area (Å²) in [5, 5.41) is 5.29. The van der Waals surface area contributed by atoms with Crippen LogP contribution < -0.4 is 10.6 Å². The molecule has 0 atom stereocenters. The zero-order chi connectivity index (χ0) is 17.6. The number of anilines is 1. The van der Waals surface area contributed by atoms with Crippen molar-refractivity contribution in [3.05, 3.63) is 29.8 Å². The van der Waals surface area contributed by atoms with E-state index in [1.807, 2.05) is 0 Å². The molecule has 0 aliphatic heterocycles. The van der Waals surface area contributed by atoms with E-state index in [0.29, 0.717) is 0 Å². The van der Waals surface area contributed by atoms with E-state index in [0.717, 1.165) is 37.8 Å². The van der Waals surface area contributed by atoms with Gasteiger partial charge in [0.25, 0.3) is 0 Å². The molecule has 1 aromatic carbocycles. The van der Waals surface area contributed by atoms with Crippen molar-refractivity contribution in [1.82, 2.24) is 5.32 Å². The number of hydrogen-bond acceptors (Lipinski definition) is 2. The predicted octanol–water partition coefficient (Wildman–Crippen LogP) is 3.87. The molecule has 7 heteroatoms. The quantitative estimate of drug-likeness (QED) is 0.644. The number of benzene rings is 1. The number of halogens is 3. The molecule has 0 unspecified atom stereocenters. The van der Waals surface area contributed by atoms with Crippen LogP contribution in [0.5, 0.6) is 0 Å². The minimum atomic E-state index is -4.42. The van der Waals surface area contributed by atoms with Crippen molar-refractivity contribution in [3.63, 3.8) is 0 Å². The number of nitrogens with one attached hydrogen (secondary N) is 2. The summed E-state index contributed by atoms with van der Waals surface area (Å²) < 4.78 is 37.4. The zero-order valence-electron chi connectivity index (χ0n) is 13.3. The molecular weight excluding hydrogens is 321 g/mol. The molecule has 0 saturated heterocycles. The summed E-state index contributed by atoms with van der Waals surface area (Å²) in [5.74, 6) is -0.896. The highest BCUT2D eigenvalue weighted by Gasteiger charge is 2.30.